The molecule has 4 rings (SSSR count). The molecule has 2 aromatic carbocycles. The number of para-hydroxylation sites is 4. The third-order valence-electron chi connectivity index (χ3n) is 4.37. The summed E-state index contributed by atoms with van der Waals surface area (Å²) >= 11 is 0. The fourth-order valence-corrected chi connectivity index (χ4v) is 3.15. The van der Waals surface area contributed by atoms with E-state index in [0.717, 1.165) is 23.4 Å². The lowest BCUT2D eigenvalue weighted by Gasteiger charge is -2.08. The van der Waals surface area contributed by atoms with Crippen LogP contribution in [0.3, 0.4) is 0 Å². The van der Waals surface area contributed by atoms with Crippen molar-refractivity contribution in [3.8, 4) is 0 Å². The van der Waals surface area contributed by atoms with Crippen molar-refractivity contribution in [2.45, 2.75) is 26.6 Å². The normalized spacial score (nSPS) is 11.3. The molecule has 7 nitrogen and oxygen atoms in total. The molecular formula is C19H18N4O3. The van der Waals surface area contributed by atoms with Crippen LogP contribution in [0.5, 0.6) is 0 Å². The number of aryl methyl sites for hydroxylation is 1. The van der Waals surface area contributed by atoms with Crippen molar-refractivity contribution in [1.82, 2.24) is 19.4 Å². The molecule has 0 fully saturated rings. The second kappa shape index (κ2) is 6.51. The van der Waals surface area contributed by atoms with Gasteiger partial charge in [0.1, 0.15) is 12.4 Å². The van der Waals surface area contributed by atoms with Crippen LogP contribution in [0.15, 0.2) is 57.7 Å². The van der Waals surface area contributed by atoms with Crippen LogP contribution in [0.2, 0.25) is 0 Å². The van der Waals surface area contributed by atoms with E-state index in [2.05, 4.69) is 14.9 Å². The Hall–Kier alpha value is -3.35. The number of fused-ring (bicyclic) bond motifs is 2. The summed E-state index contributed by atoms with van der Waals surface area (Å²) in [7, 11) is 0. The predicted octanol–water partition coefficient (Wildman–Crippen LogP) is 2.28. The zero-order chi connectivity index (χ0) is 18.1. The molecule has 0 aliphatic carbocycles. The minimum absolute atomic E-state index is 0.0950. The zero-order valence-corrected chi connectivity index (χ0v) is 14.3. The lowest BCUT2D eigenvalue weighted by molar-refractivity contribution is -0.121. The van der Waals surface area contributed by atoms with E-state index in [-0.39, 0.29) is 12.5 Å². The Bertz CT molecular complexity index is 1150. The average molecular weight is 350 g/mol. The molecule has 7 heteroatoms. The average Bonchev–Trinajstić information content (AvgIpc) is 3.17. The summed E-state index contributed by atoms with van der Waals surface area (Å²) in [5.74, 6) is -0.0260. The van der Waals surface area contributed by atoms with Crippen LogP contribution >= 0.6 is 0 Å². The van der Waals surface area contributed by atoms with Crippen molar-refractivity contribution in [3.63, 3.8) is 0 Å². The first-order valence-corrected chi connectivity index (χ1v) is 8.46. The molecule has 0 saturated heterocycles. The van der Waals surface area contributed by atoms with Crippen molar-refractivity contribution >= 4 is 28.0 Å². The van der Waals surface area contributed by atoms with Gasteiger partial charge in [0.15, 0.2) is 5.58 Å². The van der Waals surface area contributed by atoms with E-state index in [1.54, 1.807) is 24.3 Å². The molecule has 1 amide bonds. The van der Waals surface area contributed by atoms with Gasteiger partial charge in [0, 0.05) is 6.54 Å². The van der Waals surface area contributed by atoms with Crippen LogP contribution < -0.4 is 11.1 Å². The van der Waals surface area contributed by atoms with Gasteiger partial charge in [-0.2, -0.15) is 0 Å². The van der Waals surface area contributed by atoms with Gasteiger partial charge in [-0.15, -0.1) is 0 Å². The van der Waals surface area contributed by atoms with Crippen LogP contribution in [0.4, 0.5) is 0 Å². The van der Waals surface area contributed by atoms with Crippen molar-refractivity contribution < 1.29 is 9.21 Å². The summed E-state index contributed by atoms with van der Waals surface area (Å²) in [5, 5.41) is 2.84. The van der Waals surface area contributed by atoms with Gasteiger partial charge in [0.05, 0.1) is 23.1 Å². The molecule has 0 bridgehead atoms. The standard InChI is InChI=1S/C19H18N4O3/c1-2-22-14-8-4-3-7-13(14)21-17(22)11-20-18(24)12-23-15-9-5-6-10-16(15)26-19(23)25/h3-10H,2,11-12H2,1H3,(H,20,24). The molecule has 0 radical (unpaired) electrons. The topological polar surface area (TPSA) is 82.1 Å². The maximum Gasteiger partial charge on any atom is 0.420 e. The van der Waals surface area contributed by atoms with Gasteiger partial charge in [0.25, 0.3) is 0 Å². The second-order valence-electron chi connectivity index (χ2n) is 5.96. The number of carbonyl (C=O) groups excluding carboxylic acids is 1. The maximum absolute atomic E-state index is 12.3. The lowest BCUT2D eigenvalue weighted by atomic mass is 10.3. The Balaban J connectivity index is 1.52. The molecular weight excluding hydrogens is 332 g/mol. The van der Waals surface area contributed by atoms with Gasteiger partial charge in [0.2, 0.25) is 5.91 Å². The van der Waals surface area contributed by atoms with Crippen LogP contribution in [-0.4, -0.2) is 20.0 Å². The van der Waals surface area contributed by atoms with Gasteiger partial charge < -0.3 is 14.3 Å². The second-order valence-corrected chi connectivity index (χ2v) is 5.96. The Kier molecular flexibility index (Phi) is 4.04. The summed E-state index contributed by atoms with van der Waals surface area (Å²) in [4.78, 5) is 28.9. The summed E-state index contributed by atoms with van der Waals surface area (Å²) < 4.78 is 8.54. The Morgan fingerprint density at radius 3 is 2.62 bits per heavy atom. The van der Waals surface area contributed by atoms with E-state index < -0.39 is 5.76 Å². The molecule has 0 unspecified atom stereocenters. The highest BCUT2D eigenvalue weighted by molar-refractivity contribution is 5.80. The molecule has 4 aromatic rings. The number of amides is 1. The van der Waals surface area contributed by atoms with Crippen molar-refractivity contribution in [2.24, 2.45) is 0 Å². The highest BCUT2D eigenvalue weighted by Crippen LogP contribution is 2.16. The van der Waals surface area contributed by atoms with Gasteiger partial charge in [-0.1, -0.05) is 24.3 Å². The third kappa shape index (κ3) is 2.77. The molecule has 0 atom stereocenters. The van der Waals surface area contributed by atoms with E-state index in [0.29, 0.717) is 17.6 Å². The van der Waals surface area contributed by atoms with Crippen molar-refractivity contribution in [1.29, 1.82) is 0 Å². The number of nitrogens with zero attached hydrogens (tertiary/aromatic N) is 3. The summed E-state index contributed by atoms with van der Waals surface area (Å²) in [6.45, 7) is 3.00. The molecule has 0 spiro atoms. The van der Waals surface area contributed by atoms with Crippen LogP contribution in [-0.2, 0) is 24.4 Å². The van der Waals surface area contributed by atoms with Gasteiger partial charge >= 0.3 is 5.76 Å². The van der Waals surface area contributed by atoms with E-state index in [1.165, 1.54) is 4.57 Å². The minimum atomic E-state index is -0.540. The number of carbonyl (C=O) groups is 1. The number of hydrogen-bond acceptors (Lipinski definition) is 4. The van der Waals surface area contributed by atoms with E-state index in [4.69, 9.17) is 4.42 Å². The molecule has 0 saturated carbocycles. The first kappa shape index (κ1) is 16.1. The van der Waals surface area contributed by atoms with Crippen molar-refractivity contribution in [3.05, 3.63) is 64.9 Å². The fourth-order valence-electron chi connectivity index (χ4n) is 3.15. The molecule has 132 valence electrons. The molecule has 2 heterocycles. The van der Waals surface area contributed by atoms with Crippen LogP contribution in [0, 0.1) is 0 Å². The molecule has 0 aliphatic heterocycles. The van der Waals surface area contributed by atoms with E-state index in [9.17, 15) is 9.59 Å². The number of aromatic nitrogens is 3. The first-order valence-electron chi connectivity index (χ1n) is 8.46. The fraction of sp³-hybridized carbons (Fsp3) is 0.211. The number of oxazole rings is 1. The maximum atomic E-state index is 12.3. The van der Waals surface area contributed by atoms with E-state index in [1.807, 2.05) is 31.2 Å². The Labute approximate surface area is 148 Å². The number of imidazole rings is 1. The van der Waals surface area contributed by atoms with Gasteiger partial charge in [-0.25, -0.2) is 9.78 Å². The number of benzene rings is 2. The SMILES string of the molecule is CCn1c(CNC(=O)Cn2c(=O)oc3ccccc32)nc2ccccc21. The molecule has 0 aliphatic rings. The van der Waals surface area contributed by atoms with Gasteiger partial charge in [-0.05, 0) is 31.2 Å². The number of hydrogen-bond donors (Lipinski definition) is 1. The lowest BCUT2D eigenvalue weighted by Crippen LogP contribution is -2.31. The minimum Gasteiger partial charge on any atom is -0.408 e. The number of rotatable bonds is 5. The predicted molar refractivity (Wildman–Crippen MR) is 97.7 cm³/mol. The summed E-state index contributed by atoms with van der Waals surface area (Å²) in [5.41, 5.74) is 3.01. The monoisotopic (exact) mass is 350 g/mol. The smallest absolute Gasteiger partial charge is 0.408 e. The quantitative estimate of drug-likeness (QED) is 0.599. The number of nitrogens with one attached hydrogen (secondary N) is 1. The largest absolute Gasteiger partial charge is 0.420 e. The van der Waals surface area contributed by atoms with Crippen molar-refractivity contribution in [2.75, 3.05) is 0 Å². The van der Waals surface area contributed by atoms with Crippen LogP contribution in [0.25, 0.3) is 22.1 Å². The summed E-state index contributed by atoms with van der Waals surface area (Å²) in [6.07, 6.45) is 0. The Morgan fingerprint density at radius 2 is 1.81 bits per heavy atom. The molecule has 2 aromatic heterocycles. The third-order valence-corrected chi connectivity index (χ3v) is 4.37. The summed E-state index contributed by atoms with van der Waals surface area (Å²) in [6, 6.07) is 14.9. The van der Waals surface area contributed by atoms with Gasteiger partial charge in [-0.3, -0.25) is 9.36 Å². The van der Waals surface area contributed by atoms with Crippen LogP contribution in [0.1, 0.15) is 12.7 Å². The molecule has 26 heavy (non-hydrogen) atoms. The van der Waals surface area contributed by atoms with E-state index >= 15 is 0 Å². The Morgan fingerprint density at radius 1 is 1.08 bits per heavy atom. The first-order chi connectivity index (χ1) is 12.7. The molecule has 1 N–H and O–H groups in total. The highest BCUT2D eigenvalue weighted by atomic mass is 16.4. The zero-order valence-electron chi connectivity index (χ0n) is 14.3. The highest BCUT2D eigenvalue weighted by Gasteiger charge is 2.14.